The molecule has 1 aliphatic carbocycles. The molecule has 1 saturated carbocycles. The molecule has 1 N–H and O–H groups in total. The topological polar surface area (TPSA) is 52.7 Å². The third kappa shape index (κ3) is 4.24. The predicted octanol–water partition coefficient (Wildman–Crippen LogP) is 2.51. The summed E-state index contributed by atoms with van der Waals surface area (Å²) in [6.45, 7) is 2.25. The Bertz CT molecular complexity index is 598. The quantitative estimate of drug-likeness (QED) is 0.870. The Hall–Kier alpha value is -2.11. The number of hydrogen-bond donors (Lipinski definition) is 1. The van der Waals surface area contributed by atoms with Crippen LogP contribution < -0.4 is 5.32 Å². The van der Waals surface area contributed by atoms with Gasteiger partial charge in [0.1, 0.15) is 5.82 Å². The van der Waals surface area contributed by atoms with E-state index in [1.807, 2.05) is 4.90 Å². The highest BCUT2D eigenvalue weighted by Gasteiger charge is 2.33. The second-order valence-corrected chi connectivity index (χ2v) is 6.52. The summed E-state index contributed by atoms with van der Waals surface area (Å²) in [4.78, 5) is 27.9. The molecule has 1 saturated heterocycles. The molecule has 2 aliphatic rings. The monoisotopic (exact) mass is 333 g/mol. The van der Waals surface area contributed by atoms with E-state index in [1.54, 1.807) is 23.1 Å². The van der Waals surface area contributed by atoms with Crippen molar-refractivity contribution in [2.75, 3.05) is 19.6 Å². The third-order valence-corrected chi connectivity index (χ3v) is 4.62. The van der Waals surface area contributed by atoms with Crippen LogP contribution in [-0.4, -0.2) is 47.4 Å². The van der Waals surface area contributed by atoms with Crippen molar-refractivity contribution >= 4 is 11.9 Å². The number of nitrogens with zero attached hydrogens (tertiary/aromatic N) is 2. The molecule has 2 fully saturated rings. The van der Waals surface area contributed by atoms with E-state index in [2.05, 4.69) is 5.32 Å². The van der Waals surface area contributed by atoms with Crippen molar-refractivity contribution < 1.29 is 14.0 Å². The molecular weight excluding hydrogens is 309 g/mol. The maximum Gasteiger partial charge on any atom is 0.317 e. The molecule has 1 aromatic rings. The number of rotatable bonds is 6. The lowest BCUT2D eigenvalue weighted by Crippen LogP contribution is -2.42. The number of carbonyl (C=O) groups excluding carboxylic acids is 2. The Morgan fingerprint density at radius 1 is 1.21 bits per heavy atom. The summed E-state index contributed by atoms with van der Waals surface area (Å²) in [5, 5.41) is 2.82. The zero-order chi connectivity index (χ0) is 16.9. The molecule has 0 atom stereocenters. The smallest absolute Gasteiger partial charge is 0.317 e. The fourth-order valence-electron chi connectivity index (χ4n) is 3.07. The van der Waals surface area contributed by atoms with Gasteiger partial charge in [-0.1, -0.05) is 18.2 Å². The van der Waals surface area contributed by atoms with E-state index in [-0.39, 0.29) is 30.3 Å². The summed E-state index contributed by atoms with van der Waals surface area (Å²) in [7, 11) is 0. The van der Waals surface area contributed by atoms with Gasteiger partial charge in [-0.2, -0.15) is 0 Å². The maximum absolute atomic E-state index is 13.8. The lowest BCUT2D eigenvalue weighted by molar-refractivity contribution is -0.129. The molecule has 0 unspecified atom stereocenters. The molecule has 0 radical (unpaired) electrons. The summed E-state index contributed by atoms with van der Waals surface area (Å²) in [5.74, 6) is -0.194. The number of carbonyl (C=O) groups is 2. The van der Waals surface area contributed by atoms with Crippen LogP contribution in [0.5, 0.6) is 0 Å². The normalized spacial score (nSPS) is 17.0. The molecule has 1 aromatic carbocycles. The van der Waals surface area contributed by atoms with Gasteiger partial charge >= 0.3 is 6.03 Å². The number of urea groups is 1. The highest BCUT2D eigenvalue weighted by Crippen LogP contribution is 2.28. The molecule has 5 nitrogen and oxygen atoms in total. The molecule has 0 aromatic heterocycles. The number of hydrogen-bond acceptors (Lipinski definition) is 2. The predicted molar refractivity (Wildman–Crippen MR) is 88.8 cm³/mol. The van der Waals surface area contributed by atoms with Gasteiger partial charge in [0.25, 0.3) is 0 Å². The lowest BCUT2D eigenvalue weighted by Gasteiger charge is -2.23. The minimum atomic E-state index is -0.292. The van der Waals surface area contributed by atoms with E-state index in [1.165, 1.54) is 6.07 Å². The van der Waals surface area contributed by atoms with Crippen LogP contribution in [0.2, 0.25) is 0 Å². The van der Waals surface area contributed by atoms with Gasteiger partial charge in [-0.3, -0.25) is 4.79 Å². The van der Waals surface area contributed by atoms with Crippen LogP contribution >= 0.6 is 0 Å². The van der Waals surface area contributed by atoms with Crippen molar-refractivity contribution in [3.63, 3.8) is 0 Å². The van der Waals surface area contributed by atoms with Gasteiger partial charge in [-0.15, -0.1) is 0 Å². The van der Waals surface area contributed by atoms with Gasteiger partial charge in [-0.05, 0) is 31.7 Å². The Morgan fingerprint density at radius 3 is 2.58 bits per heavy atom. The largest absolute Gasteiger partial charge is 0.343 e. The molecule has 0 spiro atoms. The van der Waals surface area contributed by atoms with Gasteiger partial charge in [0.05, 0.1) is 6.54 Å². The number of likely N-dealkylation sites (tertiary alicyclic amines) is 1. The Morgan fingerprint density at radius 2 is 1.92 bits per heavy atom. The average Bonchev–Trinajstić information content (AvgIpc) is 3.26. The van der Waals surface area contributed by atoms with Gasteiger partial charge in [0.2, 0.25) is 5.91 Å². The first kappa shape index (κ1) is 16.7. The standard InChI is InChI=1S/C18H24FN3O2/c19-16-6-2-1-5-14(16)13-22(15-7-8-15)18(24)20-10-9-17(23)21-11-3-4-12-21/h1-2,5-6,15H,3-4,7-13H2,(H,20,24). The van der Waals surface area contributed by atoms with E-state index in [9.17, 15) is 14.0 Å². The number of halogens is 1. The molecule has 1 aliphatic heterocycles. The summed E-state index contributed by atoms with van der Waals surface area (Å²) < 4.78 is 13.8. The molecular formula is C18H24FN3O2. The fraction of sp³-hybridized carbons (Fsp3) is 0.556. The Kier molecular flexibility index (Phi) is 5.33. The molecule has 3 rings (SSSR count). The van der Waals surface area contributed by atoms with Crippen molar-refractivity contribution in [2.24, 2.45) is 0 Å². The number of amides is 3. The van der Waals surface area contributed by atoms with E-state index in [0.717, 1.165) is 38.8 Å². The molecule has 24 heavy (non-hydrogen) atoms. The molecule has 0 bridgehead atoms. The zero-order valence-electron chi connectivity index (χ0n) is 13.8. The first-order valence-electron chi connectivity index (χ1n) is 8.71. The first-order valence-corrected chi connectivity index (χ1v) is 8.71. The summed E-state index contributed by atoms with van der Waals surface area (Å²) in [6, 6.07) is 6.50. The van der Waals surface area contributed by atoms with E-state index in [4.69, 9.17) is 0 Å². The average molecular weight is 333 g/mol. The minimum Gasteiger partial charge on any atom is -0.343 e. The SMILES string of the molecule is O=C(CCNC(=O)N(Cc1ccccc1F)C1CC1)N1CCCC1. The molecule has 6 heteroatoms. The van der Waals surface area contributed by atoms with E-state index >= 15 is 0 Å². The summed E-state index contributed by atoms with van der Waals surface area (Å²) >= 11 is 0. The van der Waals surface area contributed by atoms with Crippen molar-refractivity contribution in [3.05, 3.63) is 35.6 Å². The molecule has 1 heterocycles. The van der Waals surface area contributed by atoms with E-state index < -0.39 is 0 Å². The van der Waals surface area contributed by atoms with Crippen LogP contribution in [0.25, 0.3) is 0 Å². The molecule has 130 valence electrons. The summed E-state index contributed by atoms with van der Waals surface area (Å²) in [5.41, 5.74) is 0.521. The van der Waals surface area contributed by atoms with Crippen LogP contribution in [0.3, 0.4) is 0 Å². The minimum absolute atomic E-state index is 0.0971. The highest BCUT2D eigenvalue weighted by atomic mass is 19.1. The Balaban J connectivity index is 1.49. The van der Waals surface area contributed by atoms with Crippen molar-refractivity contribution in [3.8, 4) is 0 Å². The second-order valence-electron chi connectivity index (χ2n) is 6.52. The Labute approximate surface area is 141 Å². The van der Waals surface area contributed by atoms with Gasteiger partial charge in [0, 0.05) is 37.7 Å². The van der Waals surface area contributed by atoms with Crippen LogP contribution in [0.15, 0.2) is 24.3 Å². The number of nitrogens with one attached hydrogen (secondary N) is 1. The van der Waals surface area contributed by atoms with Crippen LogP contribution in [0.1, 0.15) is 37.7 Å². The maximum atomic E-state index is 13.8. The van der Waals surface area contributed by atoms with Gasteiger partial charge in [-0.25, -0.2) is 9.18 Å². The van der Waals surface area contributed by atoms with Crippen molar-refractivity contribution in [1.82, 2.24) is 15.1 Å². The van der Waals surface area contributed by atoms with Crippen LogP contribution in [0.4, 0.5) is 9.18 Å². The van der Waals surface area contributed by atoms with E-state index in [0.29, 0.717) is 18.5 Å². The summed E-state index contributed by atoms with van der Waals surface area (Å²) in [6.07, 6.45) is 4.36. The number of benzene rings is 1. The highest BCUT2D eigenvalue weighted by molar-refractivity contribution is 5.78. The van der Waals surface area contributed by atoms with Gasteiger partial charge in [0.15, 0.2) is 0 Å². The third-order valence-electron chi connectivity index (χ3n) is 4.62. The fourth-order valence-corrected chi connectivity index (χ4v) is 3.07. The van der Waals surface area contributed by atoms with Crippen LogP contribution in [0, 0.1) is 5.82 Å². The lowest BCUT2D eigenvalue weighted by atomic mass is 10.2. The zero-order valence-corrected chi connectivity index (χ0v) is 13.8. The van der Waals surface area contributed by atoms with Gasteiger partial charge < -0.3 is 15.1 Å². The van der Waals surface area contributed by atoms with Crippen molar-refractivity contribution in [2.45, 2.75) is 44.7 Å². The molecule has 3 amide bonds. The first-order chi connectivity index (χ1) is 11.6. The van der Waals surface area contributed by atoms with Crippen LogP contribution in [-0.2, 0) is 11.3 Å². The second kappa shape index (κ2) is 7.64. The van der Waals surface area contributed by atoms with Crippen molar-refractivity contribution in [1.29, 1.82) is 0 Å².